The van der Waals surface area contributed by atoms with E-state index in [0.717, 1.165) is 42.4 Å². The fraction of sp³-hybridized carbons (Fsp3) is 0.333. The van der Waals surface area contributed by atoms with Crippen LogP contribution in [0.15, 0.2) is 74.7 Å². The molecule has 228 valence electrons. The summed E-state index contributed by atoms with van der Waals surface area (Å²) in [5, 5.41) is 33.5. The molecule has 0 amide bonds. The Kier molecular flexibility index (Phi) is 24.7. The number of nitrogens with zero attached hydrogens (tertiary/aromatic N) is 6. The van der Waals surface area contributed by atoms with Crippen LogP contribution in [0.3, 0.4) is 0 Å². The number of oxime groups is 3. The Hall–Kier alpha value is -4.54. The van der Waals surface area contributed by atoms with Crippen LogP contribution in [0.25, 0.3) is 0 Å². The van der Waals surface area contributed by atoms with Crippen molar-refractivity contribution >= 4 is 34.6 Å². The highest BCUT2D eigenvalue weighted by atomic mass is 79.9. The van der Waals surface area contributed by atoms with E-state index in [1.165, 1.54) is 37.9 Å². The van der Waals surface area contributed by atoms with E-state index in [9.17, 15) is 0 Å². The van der Waals surface area contributed by atoms with Crippen LogP contribution in [0.5, 0.6) is 0 Å². The lowest BCUT2D eigenvalue weighted by atomic mass is 10.1. The molecule has 0 aliphatic carbocycles. The lowest BCUT2D eigenvalue weighted by molar-refractivity contribution is 0.321. The van der Waals surface area contributed by atoms with Crippen LogP contribution in [-0.2, 0) is 6.42 Å². The van der Waals surface area contributed by atoms with E-state index in [0.29, 0.717) is 22.8 Å². The van der Waals surface area contributed by atoms with Crippen molar-refractivity contribution in [2.75, 3.05) is 0 Å². The number of hydrogen-bond donors (Lipinski definition) is 3. The Morgan fingerprint density at radius 3 is 1.79 bits per heavy atom. The van der Waals surface area contributed by atoms with Crippen molar-refractivity contribution in [3.8, 4) is 24.2 Å². The van der Waals surface area contributed by atoms with E-state index >= 15 is 0 Å². The van der Waals surface area contributed by atoms with Gasteiger partial charge in [0.2, 0.25) is 0 Å². The summed E-state index contributed by atoms with van der Waals surface area (Å²) in [5.41, 5.74) is 3.71. The molecular formula is C33H41BrN6O3. The smallest absolute Gasteiger partial charge is 0.113 e. The monoisotopic (exact) mass is 648 g/mol. The van der Waals surface area contributed by atoms with E-state index in [4.69, 9.17) is 22.0 Å². The molecule has 3 heterocycles. The highest BCUT2D eigenvalue weighted by Crippen LogP contribution is 2.05. The fourth-order valence-corrected chi connectivity index (χ4v) is 3.31. The van der Waals surface area contributed by atoms with Gasteiger partial charge in [-0.1, -0.05) is 73.2 Å². The number of hydrogen-bond acceptors (Lipinski definition) is 9. The first-order chi connectivity index (χ1) is 21.0. The molecule has 0 saturated carbocycles. The third kappa shape index (κ3) is 21.8. The summed E-state index contributed by atoms with van der Waals surface area (Å²) in [6.45, 7) is 6.33. The van der Waals surface area contributed by atoms with Gasteiger partial charge in [-0.15, -0.1) is 12.3 Å². The number of aryl methyl sites for hydroxylation is 1. The molecular weight excluding hydrogens is 608 g/mol. The number of terminal acetylenes is 1. The van der Waals surface area contributed by atoms with Gasteiger partial charge in [-0.3, -0.25) is 4.98 Å². The second-order valence-corrected chi connectivity index (χ2v) is 9.40. The second kappa shape index (κ2) is 27.6. The van der Waals surface area contributed by atoms with Crippen molar-refractivity contribution in [2.45, 2.75) is 72.1 Å². The van der Waals surface area contributed by atoms with Crippen molar-refractivity contribution in [1.29, 1.82) is 0 Å². The van der Waals surface area contributed by atoms with Crippen molar-refractivity contribution < 1.29 is 15.6 Å². The quantitative estimate of drug-likeness (QED) is 0.0542. The minimum atomic E-state index is 0.607. The summed E-state index contributed by atoms with van der Waals surface area (Å²) < 4.78 is 0.727. The largest absolute Gasteiger partial charge is 0.411 e. The van der Waals surface area contributed by atoms with Crippen LogP contribution in [0.4, 0.5) is 0 Å². The fourth-order valence-electron chi connectivity index (χ4n) is 2.95. The summed E-state index contributed by atoms with van der Waals surface area (Å²) in [6.07, 6.45) is 17.4. The highest BCUT2D eigenvalue weighted by Gasteiger charge is 1.96. The average Bonchev–Trinajstić information content (AvgIpc) is 3.00. The summed E-state index contributed by atoms with van der Waals surface area (Å²) >= 11 is 3.18. The molecule has 0 bridgehead atoms. The maximum absolute atomic E-state index is 8.35. The van der Waals surface area contributed by atoms with Gasteiger partial charge in [-0.25, -0.2) is 9.97 Å². The summed E-state index contributed by atoms with van der Waals surface area (Å²) in [7, 11) is 0. The molecule has 0 radical (unpaired) electrons. The van der Waals surface area contributed by atoms with E-state index in [1.807, 2.05) is 36.4 Å². The molecule has 3 N–H and O–H groups in total. The van der Waals surface area contributed by atoms with Gasteiger partial charge in [-0.05, 0) is 83.9 Å². The number of unbranched alkanes of at least 4 members (excludes halogenated alkanes) is 4. The Bertz CT molecular complexity index is 1340. The Labute approximate surface area is 264 Å². The molecule has 0 atom stereocenters. The van der Waals surface area contributed by atoms with E-state index in [2.05, 4.69) is 84.9 Å². The minimum absolute atomic E-state index is 0.607. The summed E-state index contributed by atoms with van der Waals surface area (Å²) in [5.74, 6) is 8.46. The molecule has 43 heavy (non-hydrogen) atoms. The van der Waals surface area contributed by atoms with Gasteiger partial charge in [0.05, 0.1) is 35.7 Å². The van der Waals surface area contributed by atoms with Gasteiger partial charge in [0.25, 0.3) is 0 Å². The van der Waals surface area contributed by atoms with Gasteiger partial charge < -0.3 is 15.6 Å². The van der Waals surface area contributed by atoms with Gasteiger partial charge in [0.15, 0.2) is 0 Å². The van der Waals surface area contributed by atoms with Crippen LogP contribution in [0, 0.1) is 24.2 Å². The maximum Gasteiger partial charge on any atom is 0.113 e. The van der Waals surface area contributed by atoms with Crippen molar-refractivity contribution in [3.63, 3.8) is 0 Å². The lowest BCUT2D eigenvalue weighted by Crippen LogP contribution is -1.94. The summed E-state index contributed by atoms with van der Waals surface area (Å²) in [6, 6.07) is 16.5. The molecule has 0 fully saturated rings. The van der Waals surface area contributed by atoms with E-state index in [-0.39, 0.29) is 0 Å². The molecule has 0 spiro atoms. The van der Waals surface area contributed by atoms with Gasteiger partial charge in [0.1, 0.15) is 10.3 Å². The number of halogens is 1. The molecule has 3 rings (SSSR count). The van der Waals surface area contributed by atoms with Gasteiger partial charge >= 0.3 is 0 Å². The predicted molar refractivity (Wildman–Crippen MR) is 177 cm³/mol. The molecule has 3 aromatic rings. The van der Waals surface area contributed by atoms with E-state index < -0.39 is 0 Å². The molecule has 0 aromatic carbocycles. The third-order valence-electron chi connectivity index (χ3n) is 4.93. The van der Waals surface area contributed by atoms with Crippen LogP contribution in [0.1, 0.15) is 94.2 Å². The van der Waals surface area contributed by atoms with Gasteiger partial charge in [0, 0.05) is 18.5 Å². The molecule has 0 unspecified atom stereocenters. The Morgan fingerprint density at radius 1 is 0.721 bits per heavy atom. The maximum atomic E-state index is 8.35. The van der Waals surface area contributed by atoms with Gasteiger partial charge in [-0.2, -0.15) is 0 Å². The Morgan fingerprint density at radius 2 is 1.28 bits per heavy atom. The number of rotatable bonds is 9. The highest BCUT2D eigenvalue weighted by molar-refractivity contribution is 9.10. The summed E-state index contributed by atoms with van der Waals surface area (Å²) in [4.78, 5) is 12.4. The number of aromatic nitrogens is 3. The topological polar surface area (TPSA) is 136 Å². The zero-order valence-electron chi connectivity index (χ0n) is 25.1. The van der Waals surface area contributed by atoms with Crippen LogP contribution in [-0.4, -0.2) is 49.2 Å². The standard InChI is InChI=1S/C11H16N2O.C11H12N2O.C6H5BrN2O.C5H8/c2*1-2-3-4-6-10-7-5-8-11(13-10)9-12-14;7-6-3-1-2-5(9-6)4-8-10;1-3-5-4-2/h5,7-9,14H,2-4,6H2,1H3;5,7-9,14H,2-3H2,1H3;1-4,10H;1H,4-5H2,2H3/b2*12-9-;8-4-;. The molecule has 10 heteroatoms. The number of pyridine rings is 3. The first-order valence-electron chi connectivity index (χ1n) is 14.0. The van der Waals surface area contributed by atoms with Crippen molar-refractivity contribution in [1.82, 2.24) is 15.0 Å². The van der Waals surface area contributed by atoms with E-state index in [1.54, 1.807) is 18.2 Å². The SMILES string of the molecule is C#CCCC.CCCC#Cc1cccc(/C=N\O)n1.CCCCCc1cccc(/C=N\O)n1.O/N=C\c1cccc(Br)n1. The molecule has 0 aliphatic heterocycles. The Balaban J connectivity index is 0.000000577. The minimum Gasteiger partial charge on any atom is -0.411 e. The van der Waals surface area contributed by atoms with Crippen LogP contribution < -0.4 is 0 Å². The zero-order valence-corrected chi connectivity index (χ0v) is 26.7. The third-order valence-corrected chi connectivity index (χ3v) is 5.37. The van der Waals surface area contributed by atoms with Crippen molar-refractivity contribution in [3.05, 3.63) is 87.7 Å². The predicted octanol–water partition coefficient (Wildman–Crippen LogP) is 7.74. The first-order valence-corrected chi connectivity index (χ1v) is 14.8. The molecule has 9 nitrogen and oxygen atoms in total. The van der Waals surface area contributed by atoms with Crippen molar-refractivity contribution in [2.24, 2.45) is 15.5 Å². The van der Waals surface area contributed by atoms with Crippen LogP contribution in [0.2, 0.25) is 0 Å². The normalized spacial score (nSPS) is 9.93. The molecule has 3 aromatic heterocycles. The van der Waals surface area contributed by atoms with Crippen LogP contribution >= 0.6 is 15.9 Å². The average molecular weight is 650 g/mol. The molecule has 0 aliphatic rings. The molecule has 0 saturated heterocycles. The zero-order chi connectivity index (χ0) is 32.0. The second-order valence-electron chi connectivity index (χ2n) is 8.58. The lowest BCUT2D eigenvalue weighted by Gasteiger charge is -2.00. The first kappa shape index (κ1) is 38.5.